The van der Waals surface area contributed by atoms with Crippen LogP contribution in [-0.2, 0) is 13.0 Å². The van der Waals surface area contributed by atoms with Crippen LogP contribution in [0.4, 0.5) is 4.39 Å². The molecule has 5 rings (SSSR count). The maximum Gasteiger partial charge on any atom is 0.294 e. The summed E-state index contributed by atoms with van der Waals surface area (Å²) in [5.74, 6) is 0.283. The van der Waals surface area contributed by atoms with Gasteiger partial charge in [0.05, 0.1) is 24.7 Å². The standard InChI is InChI=1S/C27H26FN3O3/c1-4-20-21(8-5-16(2)25(20)28)26(32)31-11-12-34-24-10-7-17(13-19(24)15-31)18-6-9-22-23(14-18)30-27(29-22)33-3/h5-10,13-14H,4,11-12,15H2,1-3H3,(H,29,30). The number of ether oxygens (including phenoxy) is 2. The molecule has 4 aromatic rings. The second-order valence-electron chi connectivity index (χ2n) is 8.45. The minimum atomic E-state index is -0.298. The lowest BCUT2D eigenvalue weighted by Crippen LogP contribution is -2.33. The van der Waals surface area contributed by atoms with Crippen molar-refractivity contribution in [2.75, 3.05) is 20.3 Å². The third-order valence-electron chi connectivity index (χ3n) is 6.33. The van der Waals surface area contributed by atoms with E-state index < -0.39 is 0 Å². The number of carbonyl (C=O) groups excluding carboxylic acids is 1. The van der Waals surface area contributed by atoms with E-state index in [0.717, 1.165) is 33.5 Å². The zero-order valence-corrected chi connectivity index (χ0v) is 19.4. The van der Waals surface area contributed by atoms with Gasteiger partial charge in [-0.3, -0.25) is 4.79 Å². The number of rotatable bonds is 4. The number of imidazole rings is 1. The number of nitrogens with zero attached hydrogens (tertiary/aromatic N) is 2. The van der Waals surface area contributed by atoms with Crippen LogP contribution in [0.1, 0.15) is 34.0 Å². The first-order valence-electron chi connectivity index (χ1n) is 11.4. The van der Waals surface area contributed by atoms with Gasteiger partial charge in [0.2, 0.25) is 0 Å². The fraction of sp³-hybridized carbons (Fsp3) is 0.259. The molecule has 7 heteroatoms. The van der Waals surface area contributed by atoms with Crippen LogP contribution in [0.3, 0.4) is 0 Å². The van der Waals surface area contributed by atoms with Crippen LogP contribution >= 0.6 is 0 Å². The third-order valence-corrected chi connectivity index (χ3v) is 6.33. The molecule has 3 aromatic carbocycles. The van der Waals surface area contributed by atoms with E-state index in [2.05, 4.69) is 9.97 Å². The number of nitrogens with one attached hydrogen (secondary N) is 1. The van der Waals surface area contributed by atoms with E-state index in [-0.39, 0.29) is 11.7 Å². The van der Waals surface area contributed by atoms with Crippen molar-refractivity contribution < 1.29 is 18.7 Å². The molecule has 0 saturated carbocycles. The zero-order chi connectivity index (χ0) is 23.8. The number of hydrogen-bond acceptors (Lipinski definition) is 4. The van der Waals surface area contributed by atoms with Crippen LogP contribution in [0.5, 0.6) is 11.8 Å². The Kier molecular flexibility index (Phi) is 5.69. The van der Waals surface area contributed by atoms with E-state index in [4.69, 9.17) is 9.47 Å². The van der Waals surface area contributed by atoms with Gasteiger partial charge in [-0.05, 0) is 60.4 Å². The molecule has 174 valence electrons. The van der Waals surface area contributed by atoms with Gasteiger partial charge in [-0.1, -0.05) is 25.1 Å². The summed E-state index contributed by atoms with van der Waals surface area (Å²) in [6.07, 6.45) is 0.459. The summed E-state index contributed by atoms with van der Waals surface area (Å²) in [5, 5.41) is 0. The van der Waals surface area contributed by atoms with E-state index in [1.54, 1.807) is 31.1 Å². The molecule has 6 nitrogen and oxygen atoms in total. The number of aromatic nitrogens is 2. The smallest absolute Gasteiger partial charge is 0.294 e. The quantitative estimate of drug-likeness (QED) is 0.451. The Hall–Kier alpha value is -3.87. The van der Waals surface area contributed by atoms with Crippen molar-refractivity contribution in [3.05, 3.63) is 76.6 Å². The number of benzene rings is 3. The monoisotopic (exact) mass is 459 g/mol. The van der Waals surface area contributed by atoms with E-state index >= 15 is 0 Å². The lowest BCUT2D eigenvalue weighted by molar-refractivity contribution is 0.0731. The molecule has 1 aliphatic heterocycles. The van der Waals surface area contributed by atoms with Gasteiger partial charge in [0, 0.05) is 23.2 Å². The van der Waals surface area contributed by atoms with E-state index in [9.17, 15) is 9.18 Å². The number of halogens is 1. The number of methoxy groups -OCH3 is 1. The molecule has 0 atom stereocenters. The first-order valence-corrected chi connectivity index (χ1v) is 11.4. The summed E-state index contributed by atoms with van der Waals surface area (Å²) in [6, 6.07) is 15.8. The maximum atomic E-state index is 14.7. The highest BCUT2D eigenvalue weighted by atomic mass is 19.1. The predicted molar refractivity (Wildman–Crippen MR) is 129 cm³/mol. The fourth-order valence-electron chi connectivity index (χ4n) is 4.46. The molecule has 1 aliphatic rings. The predicted octanol–water partition coefficient (Wildman–Crippen LogP) is 5.28. The molecule has 1 amide bonds. The van der Waals surface area contributed by atoms with E-state index in [1.807, 2.05) is 43.3 Å². The maximum absolute atomic E-state index is 14.7. The number of aromatic amines is 1. The van der Waals surface area contributed by atoms with E-state index in [0.29, 0.717) is 48.8 Å². The molecule has 34 heavy (non-hydrogen) atoms. The van der Waals surface area contributed by atoms with Gasteiger partial charge in [-0.2, -0.15) is 4.98 Å². The molecule has 2 heterocycles. The van der Waals surface area contributed by atoms with Crippen molar-refractivity contribution in [2.24, 2.45) is 0 Å². The van der Waals surface area contributed by atoms with Crippen LogP contribution in [0.25, 0.3) is 22.2 Å². The first-order chi connectivity index (χ1) is 16.5. The molecule has 0 spiro atoms. The Morgan fingerprint density at radius 3 is 2.76 bits per heavy atom. The van der Waals surface area contributed by atoms with Gasteiger partial charge in [0.15, 0.2) is 0 Å². The Bertz CT molecular complexity index is 1400. The molecule has 0 aliphatic carbocycles. The van der Waals surface area contributed by atoms with Gasteiger partial charge < -0.3 is 19.4 Å². The summed E-state index contributed by atoms with van der Waals surface area (Å²) < 4.78 is 25.8. The minimum Gasteiger partial charge on any atom is -0.491 e. The second kappa shape index (κ2) is 8.82. The minimum absolute atomic E-state index is 0.177. The molecule has 1 N–H and O–H groups in total. The van der Waals surface area contributed by atoms with Crippen LogP contribution in [0.2, 0.25) is 0 Å². The molecule has 1 aromatic heterocycles. The topological polar surface area (TPSA) is 67.5 Å². The highest BCUT2D eigenvalue weighted by Crippen LogP contribution is 2.32. The summed E-state index contributed by atoms with van der Waals surface area (Å²) in [5.41, 5.74) is 6.07. The lowest BCUT2D eigenvalue weighted by Gasteiger charge is -2.22. The van der Waals surface area contributed by atoms with Crippen LogP contribution in [0.15, 0.2) is 48.5 Å². The molecule has 0 unspecified atom stereocenters. The van der Waals surface area contributed by atoms with Gasteiger partial charge in [0.25, 0.3) is 11.9 Å². The van der Waals surface area contributed by atoms with E-state index in [1.165, 1.54) is 0 Å². The van der Waals surface area contributed by atoms with Gasteiger partial charge >= 0.3 is 0 Å². The van der Waals surface area contributed by atoms with Crippen LogP contribution in [-0.4, -0.2) is 41.0 Å². The molecular weight excluding hydrogens is 433 g/mol. The first kappa shape index (κ1) is 21.9. The van der Waals surface area contributed by atoms with Crippen molar-refractivity contribution in [3.63, 3.8) is 0 Å². The van der Waals surface area contributed by atoms with Crippen LogP contribution < -0.4 is 9.47 Å². The molecular formula is C27H26FN3O3. The number of H-pyrrole nitrogens is 1. The van der Waals surface area contributed by atoms with Crippen LogP contribution in [0, 0.1) is 12.7 Å². The zero-order valence-electron chi connectivity index (χ0n) is 19.4. The summed E-state index contributed by atoms with van der Waals surface area (Å²) in [7, 11) is 1.58. The number of hydrogen-bond donors (Lipinski definition) is 1. The fourth-order valence-corrected chi connectivity index (χ4v) is 4.46. The van der Waals surface area contributed by atoms with Crippen molar-refractivity contribution >= 4 is 16.9 Å². The van der Waals surface area contributed by atoms with Gasteiger partial charge in [0.1, 0.15) is 18.2 Å². The van der Waals surface area contributed by atoms with Crippen molar-refractivity contribution in [3.8, 4) is 22.9 Å². The highest BCUT2D eigenvalue weighted by molar-refractivity contribution is 5.96. The Balaban J connectivity index is 1.47. The SMILES string of the molecule is CCc1c(C(=O)N2CCOc3ccc(-c4ccc5nc(OC)[nH]c5c4)cc3C2)ccc(C)c1F. The summed E-state index contributed by atoms with van der Waals surface area (Å²) in [6.45, 7) is 4.79. The number of fused-ring (bicyclic) bond motifs is 2. The number of carbonyl (C=O) groups is 1. The van der Waals surface area contributed by atoms with Crippen molar-refractivity contribution in [2.45, 2.75) is 26.8 Å². The second-order valence-corrected chi connectivity index (χ2v) is 8.45. The molecule has 0 bridgehead atoms. The van der Waals surface area contributed by atoms with Gasteiger partial charge in [-0.25, -0.2) is 4.39 Å². The Morgan fingerprint density at radius 1 is 1.18 bits per heavy atom. The largest absolute Gasteiger partial charge is 0.491 e. The number of amides is 1. The Morgan fingerprint density at radius 2 is 1.97 bits per heavy atom. The van der Waals surface area contributed by atoms with Gasteiger partial charge in [-0.15, -0.1) is 0 Å². The molecule has 0 fully saturated rings. The Labute approximate surface area is 197 Å². The molecule has 0 saturated heterocycles. The lowest BCUT2D eigenvalue weighted by atomic mass is 9.99. The van der Waals surface area contributed by atoms with Crippen molar-refractivity contribution in [1.82, 2.24) is 14.9 Å². The average molecular weight is 460 g/mol. The number of aryl methyl sites for hydroxylation is 1. The summed E-state index contributed by atoms with van der Waals surface area (Å²) >= 11 is 0. The van der Waals surface area contributed by atoms with Crippen molar-refractivity contribution in [1.29, 1.82) is 0 Å². The average Bonchev–Trinajstić information content (AvgIpc) is 3.15. The summed E-state index contributed by atoms with van der Waals surface area (Å²) in [4.78, 5) is 22.7. The normalized spacial score (nSPS) is 13.4. The molecule has 0 radical (unpaired) electrons. The highest BCUT2D eigenvalue weighted by Gasteiger charge is 2.24. The third kappa shape index (κ3) is 3.87.